The van der Waals surface area contributed by atoms with Gasteiger partial charge in [-0.2, -0.15) is 0 Å². The van der Waals surface area contributed by atoms with Crippen LogP contribution in [-0.4, -0.2) is 27.4 Å². The number of aryl methyl sites for hydroxylation is 1. The number of hydrogen-bond donors (Lipinski definition) is 0. The molecule has 152 valence electrons. The van der Waals surface area contributed by atoms with Crippen LogP contribution in [0.3, 0.4) is 0 Å². The number of nitrogens with zero attached hydrogens (tertiary/aromatic N) is 3. The Morgan fingerprint density at radius 2 is 1.83 bits per heavy atom. The predicted octanol–water partition coefficient (Wildman–Crippen LogP) is 4.23. The van der Waals surface area contributed by atoms with E-state index < -0.39 is 0 Å². The molecule has 1 amide bonds. The minimum Gasteiger partial charge on any atom is -0.340 e. The second-order valence-corrected chi connectivity index (χ2v) is 8.34. The Morgan fingerprint density at radius 3 is 2.53 bits per heavy atom. The van der Waals surface area contributed by atoms with E-state index in [1.165, 1.54) is 39.3 Å². The summed E-state index contributed by atoms with van der Waals surface area (Å²) in [5.41, 5.74) is 2.41. The summed E-state index contributed by atoms with van der Waals surface area (Å²) >= 11 is 1.47. The lowest BCUT2D eigenvalue weighted by Crippen LogP contribution is -2.33. The van der Waals surface area contributed by atoms with Gasteiger partial charge in [0.05, 0.1) is 11.7 Å². The molecule has 0 fully saturated rings. The van der Waals surface area contributed by atoms with Crippen molar-refractivity contribution in [2.45, 2.75) is 20.0 Å². The molecule has 0 radical (unpaired) electrons. The normalized spacial score (nSPS) is 11.0. The molecule has 0 N–H and O–H groups in total. The number of fused-ring (bicyclic) bond motifs is 1. The van der Waals surface area contributed by atoms with E-state index in [9.17, 15) is 14.0 Å². The Morgan fingerprint density at radius 1 is 1.13 bits per heavy atom. The Labute approximate surface area is 177 Å². The number of amides is 1. The Hall–Kier alpha value is -3.32. The molecule has 0 saturated heterocycles. The largest absolute Gasteiger partial charge is 0.340 e. The van der Waals surface area contributed by atoms with Crippen molar-refractivity contribution in [1.82, 2.24) is 14.5 Å². The smallest absolute Gasteiger partial charge is 0.263 e. The second kappa shape index (κ2) is 8.20. The lowest BCUT2D eigenvalue weighted by atomic mass is 10.0. The summed E-state index contributed by atoms with van der Waals surface area (Å²) in [7, 11) is 1.66. The number of carbonyl (C=O) groups is 1. The van der Waals surface area contributed by atoms with Gasteiger partial charge < -0.3 is 4.90 Å². The van der Waals surface area contributed by atoms with Gasteiger partial charge in [0.2, 0.25) is 5.91 Å². The molecule has 0 unspecified atom stereocenters. The van der Waals surface area contributed by atoms with Gasteiger partial charge in [-0.3, -0.25) is 14.2 Å². The highest BCUT2D eigenvalue weighted by Gasteiger charge is 2.18. The van der Waals surface area contributed by atoms with Crippen molar-refractivity contribution in [3.05, 3.63) is 87.5 Å². The first kappa shape index (κ1) is 20.0. The van der Waals surface area contributed by atoms with E-state index in [4.69, 9.17) is 0 Å². The van der Waals surface area contributed by atoms with Crippen LogP contribution < -0.4 is 5.56 Å². The molecule has 2 aromatic carbocycles. The van der Waals surface area contributed by atoms with Gasteiger partial charge in [0.1, 0.15) is 17.2 Å². The van der Waals surface area contributed by atoms with Gasteiger partial charge in [-0.05, 0) is 30.2 Å². The van der Waals surface area contributed by atoms with E-state index in [-0.39, 0.29) is 23.8 Å². The van der Waals surface area contributed by atoms with Gasteiger partial charge in [0.15, 0.2) is 0 Å². The third kappa shape index (κ3) is 3.89. The summed E-state index contributed by atoms with van der Waals surface area (Å²) in [6.45, 7) is 2.19. The van der Waals surface area contributed by atoms with E-state index in [1.54, 1.807) is 19.2 Å². The SMILES string of the molecule is Cc1sc2ncn(CC(=O)N(C)Cc3ccc(F)cc3)c(=O)c2c1-c1ccccc1. The van der Waals surface area contributed by atoms with Crippen LogP contribution in [0.5, 0.6) is 0 Å². The van der Waals surface area contributed by atoms with Crippen LogP contribution in [0.4, 0.5) is 4.39 Å². The van der Waals surface area contributed by atoms with Crippen molar-refractivity contribution in [3.63, 3.8) is 0 Å². The van der Waals surface area contributed by atoms with Gasteiger partial charge in [0, 0.05) is 24.0 Å². The number of rotatable bonds is 5. The molecule has 5 nitrogen and oxygen atoms in total. The van der Waals surface area contributed by atoms with Crippen LogP contribution in [-0.2, 0) is 17.9 Å². The molecule has 0 aliphatic rings. The molecular weight excluding hydrogens is 401 g/mol. The van der Waals surface area contributed by atoms with Crippen LogP contribution in [0.1, 0.15) is 10.4 Å². The third-order valence-electron chi connectivity index (χ3n) is 4.98. The highest BCUT2D eigenvalue weighted by Crippen LogP contribution is 2.35. The standard InChI is InChI=1S/C23H20FN3O2S/c1-15-20(17-6-4-3-5-7-17)21-22(30-15)25-14-27(23(21)29)13-19(28)26(2)12-16-8-10-18(24)11-9-16/h3-11,14H,12-13H2,1-2H3. The molecule has 0 bridgehead atoms. The molecule has 2 aromatic heterocycles. The maximum atomic E-state index is 13.2. The molecule has 0 aliphatic carbocycles. The average molecular weight is 421 g/mol. The minimum atomic E-state index is -0.320. The van der Waals surface area contributed by atoms with Crippen LogP contribution in [0.2, 0.25) is 0 Å². The number of hydrogen-bond acceptors (Lipinski definition) is 4. The Balaban J connectivity index is 1.63. The molecule has 2 heterocycles. The average Bonchev–Trinajstić information content (AvgIpc) is 3.09. The molecular formula is C23H20FN3O2S. The quantitative estimate of drug-likeness (QED) is 0.485. The molecule has 7 heteroatoms. The number of thiophene rings is 1. The number of aromatic nitrogens is 2. The lowest BCUT2D eigenvalue weighted by molar-refractivity contribution is -0.131. The van der Waals surface area contributed by atoms with Gasteiger partial charge in [0.25, 0.3) is 5.56 Å². The topological polar surface area (TPSA) is 55.2 Å². The number of likely N-dealkylation sites (N-methyl/N-ethyl adjacent to an activating group) is 1. The summed E-state index contributed by atoms with van der Waals surface area (Å²) in [6.07, 6.45) is 1.43. The van der Waals surface area contributed by atoms with Crippen LogP contribution in [0, 0.1) is 12.7 Å². The molecule has 0 atom stereocenters. The maximum Gasteiger partial charge on any atom is 0.263 e. The second-order valence-electron chi connectivity index (χ2n) is 7.13. The van der Waals surface area contributed by atoms with Gasteiger partial charge in [-0.25, -0.2) is 9.37 Å². The Bertz CT molecular complexity index is 1260. The molecule has 0 aliphatic heterocycles. The summed E-state index contributed by atoms with van der Waals surface area (Å²) in [4.78, 5) is 33.5. The molecule has 0 spiro atoms. The molecule has 0 saturated carbocycles. The monoisotopic (exact) mass is 421 g/mol. The number of halogens is 1. The van der Waals surface area contributed by atoms with Crippen molar-refractivity contribution in [1.29, 1.82) is 0 Å². The van der Waals surface area contributed by atoms with E-state index in [1.807, 2.05) is 37.3 Å². The predicted molar refractivity (Wildman–Crippen MR) is 117 cm³/mol. The summed E-state index contributed by atoms with van der Waals surface area (Å²) in [5, 5.41) is 0.542. The van der Waals surface area contributed by atoms with Crippen molar-refractivity contribution >= 4 is 27.5 Å². The van der Waals surface area contributed by atoms with Crippen molar-refractivity contribution < 1.29 is 9.18 Å². The van der Waals surface area contributed by atoms with E-state index in [0.29, 0.717) is 16.8 Å². The van der Waals surface area contributed by atoms with Crippen molar-refractivity contribution in [2.75, 3.05) is 7.05 Å². The number of carbonyl (C=O) groups excluding carboxylic acids is 1. The molecule has 4 aromatic rings. The fourth-order valence-corrected chi connectivity index (χ4v) is 4.42. The fraction of sp³-hybridized carbons (Fsp3) is 0.174. The zero-order chi connectivity index (χ0) is 21.3. The van der Waals surface area contributed by atoms with E-state index in [2.05, 4.69) is 4.98 Å². The van der Waals surface area contributed by atoms with Gasteiger partial charge in [-0.1, -0.05) is 42.5 Å². The zero-order valence-corrected chi connectivity index (χ0v) is 17.4. The zero-order valence-electron chi connectivity index (χ0n) is 16.6. The van der Waals surface area contributed by atoms with Crippen LogP contribution in [0.25, 0.3) is 21.3 Å². The highest BCUT2D eigenvalue weighted by atomic mass is 32.1. The van der Waals surface area contributed by atoms with Crippen LogP contribution >= 0.6 is 11.3 Å². The summed E-state index contributed by atoms with van der Waals surface area (Å²) in [6, 6.07) is 15.7. The Kier molecular flexibility index (Phi) is 5.46. The first-order valence-electron chi connectivity index (χ1n) is 9.46. The minimum absolute atomic E-state index is 0.109. The third-order valence-corrected chi connectivity index (χ3v) is 5.99. The van der Waals surface area contributed by atoms with Crippen molar-refractivity contribution in [3.8, 4) is 11.1 Å². The lowest BCUT2D eigenvalue weighted by Gasteiger charge is -2.18. The van der Waals surface area contributed by atoms with E-state index >= 15 is 0 Å². The van der Waals surface area contributed by atoms with E-state index in [0.717, 1.165) is 21.6 Å². The first-order valence-corrected chi connectivity index (χ1v) is 10.3. The maximum absolute atomic E-state index is 13.2. The van der Waals surface area contributed by atoms with Crippen molar-refractivity contribution in [2.24, 2.45) is 0 Å². The van der Waals surface area contributed by atoms with Gasteiger partial charge in [-0.15, -0.1) is 11.3 Å². The molecule has 4 rings (SSSR count). The van der Waals surface area contributed by atoms with Crippen LogP contribution in [0.15, 0.2) is 65.7 Å². The first-order chi connectivity index (χ1) is 14.4. The molecule has 30 heavy (non-hydrogen) atoms. The summed E-state index contributed by atoms with van der Waals surface area (Å²) in [5.74, 6) is -0.547. The van der Waals surface area contributed by atoms with Gasteiger partial charge >= 0.3 is 0 Å². The number of benzene rings is 2. The highest BCUT2D eigenvalue weighted by molar-refractivity contribution is 7.19. The summed E-state index contributed by atoms with van der Waals surface area (Å²) < 4.78 is 14.4. The fourth-order valence-electron chi connectivity index (χ4n) is 3.42.